The summed E-state index contributed by atoms with van der Waals surface area (Å²) in [5, 5.41) is 1.15. The molecule has 2 aromatic rings. The second-order valence-electron chi connectivity index (χ2n) is 7.83. The van der Waals surface area contributed by atoms with Gasteiger partial charge in [0.25, 0.3) is 5.91 Å². The average Bonchev–Trinajstić information content (AvgIpc) is 3.01. The van der Waals surface area contributed by atoms with Crippen LogP contribution in [-0.4, -0.2) is 28.3 Å². The molecule has 0 radical (unpaired) electrons. The molecule has 0 aliphatic carbocycles. The van der Waals surface area contributed by atoms with Crippen LogP contribution in [0.1, 0.15) is 43.4 Å². The number of amides is 2. The molecular weight excluding hydrogens is 428 g/mol. The van der Waals surface area contributed by atoms with Gasteiger partial charge in [-0.05, 0) is 66.4 Å². The van der Waals surface area contributed by atoms with E-state index < -0.39 is 5.92 Å². The molecule has 2 aromatic carbocycles. The normalized spacial score (nSPS) is 16.2. The lowest BCUT2D eigenvalue weighted by atomic mass is 9.96. The number of benzene rings is 2. The van der Waals surface area contributed by atoms with Crippen molar-refractivity contribution >= 4 is 46.2 Å². The van der Waals surface area contributed by atoms with Gasteiger partial charge in [0.15, 0.2) is 4.32 Å². The monoisotopic (exact) mass is 454 g/mol. The van der Waals surface area contributed by atoms with Crippen LogP contribution in [0.3, 0.4) is 0 Å². The molecule has 162 valence electrons. The number of rotatable bonds is 7. The van der Waals surface area contributed by atoms with Crippen LogP contribution in [0.2, 0.25) is 0 Å². The average molecular weight is 455 g/mol. The van der Waals surface area contributed by atoms with Crippen molar-refractivity contribution in [1.82, 2.24) is 10.4 Å². The van der Waals surface area contributed by atoms with Crippen molar-refractivity contribution in [3.8, 4) is 5.75 Å². The van der Waals surface area contributed by atoms with Crippen molar-refractivity contribution < 1.29 is 14.3 Å². The molecule has 31 heavy (non-hydrogen) atoms. The number of nitrogens with zero attached hydrogens (tertiary/aromatic N) is 1. The van der Waals surface area contributed by atoms with E-state index in [-0.39, 0.29) is 11.8 Å². The minimum atomic E-state index is -0.414. The summed E-state index contributed by atoms with van der Waals surface area (Å²) < 4.78 is 5.45. The molecule has 7 heteroatoms. The van der Waals surface area contributed by atoms with Gasteiger partial charge in [0.2, 0.25) is 5.91 Å². The molecule has 1 aliphatic rings. The van der Waals surface area contributed by atoms with E-state index in [0.29, 0.717) is 15.1 Å². The SMILES string of the molecule is COc1ccc(/C=C2\SC(=S)N(NC(=O)[C@H](C)c3ccc(CC(C)C)cc3)C2=O)cc1. The van der Waals surface area contributed by atoms with Crippen molar-refractivity contribution in [1.29, 1.82) is 0 Å². The molecule has 1 fully saturated rings. The van der Waals surface area contributed by atoms with Gasteiger partial charge < -0.3 is 4.74 Å². The van der Waals surface area contributed by atoms with Crippen LogP contribution in [-0.2, 0) is 16.0 Å². The highest BCUT2D eigenvalue weighted by Gasteiger charge is 2.34. The van der Waals surface area contributed by atoms with Gasteiger partial charge in [0.1, 0.15) is 5.75 Å². The fourth-order valence-corrected chi connectivity index (χ4v) is 4.37. The van der Waals surface area contributed by atoms with Crippen LogP contribution in [0.15, 0.2) is 53.4 Å². The fourth-order valence-electron chi connectivity index (χ4n) is 3.19. The maximum atomic E-state index is 12.8. The Kier molecular flexibility index (Phi) is 7.51. The third kappa shape index (κ3) is 5.74. The first-order valence-corrected chi connectivity index (χ1v) is 11.3. The summed E-state index contributed by atoms with van der Waals surface area (Å²) in [6.45, 7) is 6.17. The number of carbonyl (C=O) groups excluding carboxylic acids is 2. The summed E-state index contributed by atoms with van der Waals surface area (Å²) in [7, 11) is 1.60. The van der Waals surface area contributed by atoms with Crippen molar-refractivity contribution in [3.05, 3.63) is 70.1 Å². The number of thiocarbonyl (C=S) groups is 1. The van der Waals surface area contributed by atoms with E-state index >= 15 is 0 Å². The minimum absolute atomic E-state index is 0.279. The number of hydrazine groups is 1. The molecule has 0 saturated carbocycles. The van der Waals surface area contributed by atoms with Gasteiger partial charge >= 0.3 is 0 Å². The zero-order chi connectivity index (χ0) is 22.5. The number of nitrogens with one attached hydrogen (secondary N) is 1. The Balaban J connectivity index is 1.67. The summed E-state index contributed by atoms with van der Waals surface area (Å²) in [6, 6.07) is 15.4. The summed E-state index contributed by atoms with van der Waals surface area (Å²) in [5.74, 6) is 0.287. The summed E-state index contributed by atoms with van der Waals surface area (Å²) in [4.78, 5) is 26.0. The third-order valence-electron chi connectivity index (χ3n) is 4.95. The summed E-state index contributed by atoms with van der Waals surface area (Å²) in [6.07, 6.45) is 2.75. The van der Waals surface area contributed by atoms with Crippen LogP contribution in [0.5, 0.6) is 5.75 Å². The lowest BCUT2D eigenvalue weighted by Gasteiger charge is -2.19. The number of methoxy groups -OCH3 is 1. The molecular formula is C24H26N2O3S2. The Hall–Kier alpha value is -2.64. The molecule has 5 nitrogen and oxygen atoms in total. The van der Waals surface area contributed by atoms with Crippen LogP contribution in [0.25, 0.3) is 6.08 Å². The van der Waals surface area contributed by atoms with E-state index in [9.17, 15) is 9.59 Å². The van der Waals surface area contributed by atoms with Gasteiger partial charge in [-0.1, -0.05) is 62.0 Å². The standard InChI is InChI=1S/C24H26N2O3S2/c1-15(2)13-17-5-9-19(10-6-17)16(3)22(27)25-26-23(28)21(31-24(26)30)14-18-7-11-20(29-4)12-8-18/h5-12,14-16H,13H2,1-4H3,(H,25,27)/b21-14-/t16-/m1/s1. The van der Waals surface area contributed by atoms with Gasteiger partial charge in [-0.25, -0.2) is 0 Å². The van der Waals surface area contributed by atoms with Gasteiger partial charge in [-0.3, -0.25) is 15.0 Å². The highest BCUT2D eigenvalue weighted by molar-refractivity contribution is 8.26. The molecule has 1 heterocycles. The Labute approximate surface area is 192 Å². The molecule has 0 aromatic heterocycles. The molecule has 2 amide bonds. The lowest BCUT2D eigenvalue weighted by Crippen LogP contribution is -2.46. The van der Waals surface area contributed by atoms with Gasteiger partial charge in [0.05, 0.1) is 17.9 Å². The van der Waals surface area contributed by atoms with Crippen LogP contribution < -0.4 is 10.2 Å². The van der Waals surface area contributed by atoms with Crippen LogP contribution >= 0.6 is 24.0 Å². The lowest BCUT2D eigenvalue weighted by molar-refractivity contribution is -0.133. The predicted octanol–water partition coefficient (Wildman–Crippen LogP) is 4.93. The number of carbonyl (C=O) groups is 2. The topological polar surface area (TPSA) is 58.6 Å². The molecule has 1 atom stereocenters. The smallest absolute Gasteiger partial charge is 0.285 e. The third-order valence-corrected chi connectivity index (χ3v) is 6.25. The predicted molar refractivity (Wildman–Crippen MR) is 130 cm³/mol. The van der Waals surface area contributed by atoms with Crippen molar-refractivity contribution in [2.24, 2.45) is 5.92 Å². The second-order valence-corrected chi connectivity index (χ2v) is 9.50. The van der Waals surface area contributed by atoms with Crippen molar-refractivity contribution in [2.45, 2.75) is 33.1 Å². The quantitative estimate of drug-likeness (QED) is 0.475. The van der Waals surface area contributed by atoms with E-state index in [4.69, 9.17) is 17.0 Å². The summed E-state index contributed by atoms with van der Waals surface area (Å²) in [5.41, 5.74) is 5.66. The number of hydrogen-bond donors (Lipinski definition) is 1. The molecule has 0 unspecified atom stereocenters. The Morgan fingerprint density at radius 2 is 1.77 bits per heavy atom. The van der Waals surface area contributed by atoms with E-state index in [2.05, 4.69) is 31.4 Å². The summed E-state index contributed by atoms with van der Waals surface area (Å²) >= 11 is 6.49. The molecule has 1 N–H and O–H groups in total. The van der Waals surface area contributed by atoms with Crippen LogP contribution in [0.4, 0.5) is 0 Å². The number of ether oxygens (including phenoxy) is 1. The molecule has 1 aliphatic heterocycles. The first-order valence-electron chi connectivity index (χ1n) is 10.1. The number of thioether (sulfide) groups is 1. The van der Waals surface area contributed by atoms with E-state index in [1.165, 1.54) is 17.3 Å². The second kappa shape index (κ2) is 10.1. The highest BCUT2D eigenvalue weighted by atomic mass is 32.2. The molecule has 1 saturated heterocycles. The number of hydrogen-bond acceptors (Lipinski definition) is 5. The Morgan fingerprint density at radius 1 is 1.13 bits per heavy atom. The zero-order valence-electron chi connectivity index (χ0n) is 18.0. The van der Waals surface area contributed by atoms with Crippen LogP contribution in [0, 0.1) is 5.92 Å². The molecule has 0 bridgehead atoms. The fraction of sp³-hybridized carbons (Fsp3) is 0.292. The van der Waals surface area contributed by atoms with E-state index in [1.807, 2.05) is 43.3 Å². The molecule has 0 spiro atoms. The highest BCUT2D eigenvalue weighted by Crippen LogP contribution is 2.32. The van der Waals surface area contributed by atoms with Gasteiger partial charge in [0, 0.05) is 0 Å². The van der Waals surface area contributed by atoms with Crippen molar-refractivity contribution in [2.75, 3.05) is 7.11 Å². The molecule has 3 rings (SSSR count). The maximum Gasteiger partial charge on any atom is 0.285 e. The minimum Gasteiger partial charge on any atom is -0.497 e. The first-order chi connectivity index (χ1) is 14.8. The zero-order valence-corrected chi connectivity index (χ0v) is 19.7. The van der Waals surface area contributed by atoms with E-state index in [0.717, 1.165) is 28.3 Å². The Morgan fingerprint density at radius 3 is 2.35 bits per heavy atom. The van der Waals surface area contributed by atoms with Gasteiger partial charge in [-0.15, -0.1) is 0 Å². The maximum absolute atomic E-state index is 12.8. The Bertz CT molecular complexity index is 998. The largest absolute Gasteiger partial charge is 0.497 e. The van der Waals surface area contributed by atoms with E-state index in [1.54, 1.807) is 13.2 Å². The van der Waals surface area contributed by atoms with Crippen molar-refractivity contribution in [3.63, 3.8) is 0 Å². The van der Waals surface area contributed by atoms with Gasteiger partial charge in [-0.2, -0.15) is 5.01 Å². The first kappa shape index (κ1) is 23.0.